The molecule has 1 aromatic heterocycles. The Bertz CT molecular complexity index is 543. The van der Waals surface area contributed by atoms with Crippen molar-refractivity contribution in [2.24, 2.45) is 5.92 Å². The first kappa shape index (κ1) is 10.7. The predicted molar refractivity (Wildman–Crippen MR) is 65.8 cm³/mol. The molecule has 0 atom stereocenters. The molecule has 16 heavy (non-hydrogen) atoms. The molecular weight excluding hydrogens is 202 g/mol. The van der Waals surface area contributed by atoms with Gasteiger partial charge in [-0.3, -0.25) is 0 Å². The van der Waals surface area contributed by atoms with Crippen molar-refractivity contribution in [3.8, 4) is 0 Å². The second-order valence-electron chi connectivity index (χ2n) is 4.25. The topological polar surface area (TPSA) is 42.2 Å². The Morgan fingerprint density at radius 1 is 1.31 bits per heavy atom. The fourth-order valence-electron chi connectivity index (χ4n) is 1.57. The van der Waals surface area contributed by atoms with Gasteiger partial charge in [-0.15, -0.1) is 0 Å². The van der Waals surface area contributed by atoms with Crippen LogP contribution >= 0.6 is 0 Å². The molecule has 0 amide bonds. The van der Waals surface area contributed by atoms with Crippen molar-refractivity contribution >= 4 is 16.7 Å². The van der Waals surface area contributed by atoms with E-state index >= 15 is 0 Å². The molecule has 84 valence electrons. The minimum atomic E-state index is -0.315. The lowest BCUT2D eigenvalue weighted by Crippen LogP contribution is -2.10. The number of nitrogens with one attached hydrogen (secondary N) is 1. The molecule has 1 aromatic carbocycles. The lowest BCUT2D eigenvalue weighted by Gasteiger charge is -2.10. The molecule has 1 heterocycles. The highest BCUT2D eigenvalue weighted by Gasteiger charge is 2.04. The van der Waals surface area contributed by atoms with E-state index in [1.807, 2.05) is 18.2 Å². The van der Waals surface area contributed by atoms with Crippen LogP contribution in [0.15, 0.2) is 39.5 Å². The zero-order valence-corrected chi connectivity index (χ0v) is 9.49. The molecule has 0 fully saturated rings. The number of fused-ring (bicyclic) bond motifs is 1. The fourth-order valence-corrected chi connectivity index (χ4v) is 1.57. The Hall–Kier alpha value is -1.77. The number of benzene rings is 1. The van der Waals surface area contributed by atoms with Gasteiger partial charge in [-0.25, -0.2) is 4.79 Å². The molecule has 0 saturated heterocycles. The molecule has 0 aliphatic carbocycles. The zero-order valence-electron chi connectivity index (χ0n) is 9.49. The smallest absolute Gasteiger partial charge is 0.338 e. The predicted octanol–water partition coefficient (Wildman–Crippen LogP) is 2.86. The summed E-state index contributed by atoms with van der Waals surface area (Å²) in [4.78, 5) is 11.3. The van der Waals surface area contributed by atoms with Gasteiger partial charge in [0.15, 0.2) is 0 Å². The first-order valence-corrected chi connectivity index (χ1v) is 5.43. The van der Waals surface area contributed by atoms with Gasteiger partial charge < -0.3 is 9.73 Å². The van der Waals surface area contributed by atoms with E-state index in [9.17, 15) is 4.79 Å². The normalized spacial score (nSPS) is 10.9. The third-order valence-corrected chi connectivity index (χ3v) is 2.35. The van der Waals surface area contributed by atoms with Gasteiger partial charge in [0, 0.05) is 18.0 Å². The Labute approximate surface area is 94.1 Å². The van der Waals surface area contributed by atoms with Crippen molar-refractivity contribution in [2.75, 3.05) is 11.9 Å². The number of anilines is 1. The minimum Gasteiger partial charge on any atom is -0.423 e. The van der Waals surface area contributed by atoms with Crippen LogP contribution in [0.1, 0.15) is 13.8 Å². The largest absolute Gasteiger partial charge is 0.423 e. The van der Waals surface area contributed by atoms with Crippen LogP contribution in [0.4, 0.5) is 5.69 Å². The summed E-state index contributed by atoms with van der Waals surface area (Å²) in [6.07, 6.45) is 0. The molecule has 0 unspecified atom stereocenters. The maximum absolute atomic E-state index is 11.3. The van der Waals surface area contributed by atoms with Crippen LogP contribution in [0.3, 0.4) is 0 Å². The second-order valence-corrected chi connectivity index (χ2v) is 4.25. The van der Waals surface area contributed by atoms with Crippen LogP contribution < -0.4 is 10.9 Å². The molecule has 0 aliphatic rings. The standard InChI is InChI=1S/C13H15NO2/c1-9(2)8-14-11-7-13(15)16-12-6-4-3-5-10(11)12/h3-7,9,14H,8H2,1-2H3. The van der Waals surface area contributed by atoms with Crippen molar-refractivity contribution in [3.63, 3.8) is 0 Å². The molecule has 2 rings (SSSR count). The maximum Gasteiger partial charge on any atom is 0.338 e. The van der Waals surface area contributed by atoms with Gasteiger partial charge in [0.2, 0.25) is 0 Å². The van der Waals surface area contributed by atoms with Crippen LogP contribution in [0.25, 0.3) is 11.0 Å². The third kappa shape index (κ3) is 2.24. The van der Waals surface area contributed by atoms with E-state index in [4.69, 9.17) is 4.42 Å². The monoisotopic (exact) mass is 217 g/mol. The van der Waals surface area contributed by atoms with Crippen LogP contribution in [0.2, 0.25) is 0 Å². The van der Waals surface area contributed by atoms with Crippen molar-refractivity contribution in [1.82, 2.24) is 0 Å². The molecule has 3 nitrogen and oxygen atoms in total. The van der Waals surface area contributed by atoms with E-state index in [0.29, 0.717) is 11.5 Å². The van der Waals surface area contributed by atoms with Gasteiger partial charge in [0.05, 0.1) is 5.69 Å². The number of hydrogen-bond acceptors (Lipinski definition) is 3. The number of rotatable bonds is 3. The van der Waals surface area contributed by atoms with Crippen LogP contribution in [-0.2, 0) is 0 Å². The van der Waals surface area contributed by atoms with Crippen molar-refractivity contribution in [2.45, 2.75) is 13.8 Å². The Kier molecular flexibility index (Phi) is 2.95. The lowest BCUT2D eigenvalue weighted by molar-refractivity contribution is 0.561. The van der Waals surface area contributed by atoms with E-state index in [1.165, 1.54) is 6.07 Å². The first-order chi connectivity index (χ1) is 7.66. The molecule has 0 radical (unpaired) electrons. The number of para-hydroxylation sites is 1. The lowest BCUT2D eigenvalue weighted by atomic mass is 10.2. The summed E-state index contributed by atoms with van der Waals surface area (Å²) in [5.74, 6) is 0.533. The maximum atomic E-state index is 11.3. The fraction of sp³-hybridized carbons (Fsp3) is 0.308. The molecule has 0 aliphatic heterocycles. The molecule has 0 spiro atoms. The van der Waals surface area contributed by atoms with E-state index in [2.05, 4.69) is 19.2 Å². The van der Waals surface area contributed by atoms with Gasteiger partial charge >= 0.3 is 5.63 Å². The van der Waals surface area contributed by atoms with Gasteiger partial charge in [0.25, 0.3) is 0 Å². The van der Waals surface area contributed by atoms with E-state index < -0.39 is 0 Å². The molecule has 3 heteroatoms. The van der Waals surface area contributed by atoms with Crippen LogP contribution in [0.5, 0.6) is 0 Å². The van der Waals surface area contributed by atoms with Crippen molar-refractivity contribution < 1.29 is 4.42 Å². The average molecular weight is 217 g/mol. The third-order valence-electron chi connectivity index (χ3n) is 2.35. The second kappa shape index (κ2) is 4.39. The summed E-state index contributed by atoms with van der Waals surface area (Å²) in [5.41, 5.74) is 1.16. The molecule has 0 bridgehead atoms. The van der Waals surface area contributed by atoms with Gasteiger partial charge in [-0.05, 0) is 18.1 Å². The molecule has 0 saturated carbocycles. The summed E-state index contributed by atoms with van der Waals surface area (Å²) < 4.78 is 5.11. The zero-order chi connectivity index (χ0) is 11.5. The summed E-state index contributed by atoms with van der Waals surface area (Å²) in [6, 6.07) is 9.04. The van der Waals surface area contributed by atoms with Gasteiger partial charge in [-0.2, -0.15) is 0 Å². The average Bonchev–Trinajstić information content (AvgIpc) is 2.25. The van der Waals surface area contributed by atoms with Crippen LogP contribution in [0, 0.1) is 5.92 Å². The SMILES string of the molecule is CC(C)CNc1cc(=O)oc2ccccc12. The summed E-state index contributed by atoms with van der Waals surface area (Å²) >= 11 is 0. The Balaban J connectivity index is 2.46. The Morgan fingerprint density at radius 2 is 2.06 bits per heavy atom. The highest BCUT2D eigenvalue weighted by atomic mass is 16.4. The van der Waals surface area contributed by atoms with Gasteiger partial charge in [-0.1, -0.05) is 26.0 Å². The van der Waals surface area contributed by atoms with Crippen LogP contribution in [-0.4, -0.2) is 6.54 Å². The minimum absolute atomic E-state index is 0.315. The molecule has 1 N–H and O–H groups in total. The van der Waals surface area contributed by atoms with E-state index in [1.54, 1.807) is 6.07 Å². The molecule has 2 aromatic rings. The van der Waals surface area contributed by atoms with Crippen molar-refractivity contribution in [1.29, 1.82) is 0 Å². The van der Waals surface area contributed by atoms with E-state index in [-0.39, 0.29) is 5.63 Å². The summed E-state index contributed by atoms with van der Waals surface area (Å²) in [7, 11) is 0. The quantitative estimate of drug-likeness (QED) is 0.804. The van der Waals surface area contributed by atoms with E-state index in [0.717, 1.165) is 17.6 Å². The molecular formula is C13H15NO2. The number of hydrogen-bond donors (Lipinski definition) is 1. The highest BCUT2D eigenvalue weighted by Crippen LogP contribution is 2.20. The Morgan fingerprint density at radius 3 is 2.81 bits per heavy atom. The summed E-state index contributed by atoms with van der Waals surface area (Å²) in [5, 5.41) is 4.21. The van der Waals surface area contributed by atoms with Crippen molar-refractivity contribution in [3.05, 3.63) is 40.8 Å². The highest BCUT2D eigenvalue weighted by molar-refractivity contribution is 5.89. The first-order valence-electron chi connectivity index (χ1n) is 5.43. The summed E-state index contributed by atoms with van der Waals surface area (Å²) in [6.45, 7) is 5.09. The van der Waals surface area contributed by atoms with Gasteiger partial charge in [0.1, 0.15) is 5.58 Å².